The standard InChI is InChI=1S/C11H14N2O8/c14-7-2-1-3-12(7)8(15)4-6-5-9(16)13(20,10(6)17)21-11(18)19/h6,8,15,20H,1-5H2/p+1. The van der Waals surface area contributed by atoms with Gasteiger partial charge in [0, 0.05) is 19.4 Å². The van der Waals surface area contributed by atoms with Crippen LogP contribution in [0, 0.1) is 5.92 Å². The van der Waals surface area contributed by atoms with E-state index in [-0.39, 0.29) is 12.3 Å². The number of carbonyl (C=O) groups excluding carboxylic acids is 3. The van der Waals surface area contributed by atoms with Crippen LogP contribution in [0.25, 0.3) is 0 Å². The maximum absolute atomic E-state index is 11.9. The van der Waals surface area contributed by atoms with Gasteiger partial charge in [-0.05, 0) is 6.42 Å². The van der Waals surface area contributed by atoms with E-state index in [1.54, 1.807) is 0 Å². The summed E-state index contributed by atoms with van der Waals surface area (Å²) in [6.45, 7) is 0.347. The van der Waals surface area contributed by atoms with Crippen LogP contribution in [0.1, 0.15) is 25.7 Å². The highest BCUT2D eigenvalue weighted by atomic mass is 17.0. The number of nitrogens with zero attached hydrogens (tertiary/aromatic N) is 2. The number of quaternary nitrogens is 1. The normalized spacial score (nSPS) is 30.9. The Morgan fingerprint density at radius 3 is 2.62 bits per heavy atom. The second kappa shape index (κ2) is 5.39. The van der Waals surface area contributed by atoms with Crippen molar-refractivity contribution in [3.8, 4) is 0 Å². The van der Waals surface area contributed by atoms with Gasteiger partial charge in [-0.25, -0.2) is 9.59 Å². The first kappa shape index (κ1) is 15.4. The van der Waals surface area contributed by atoms with Gasteiger partial charge in [0.05, 0.1) is 12.3 Å². The lowest BCUT2D eigenvalue weighted by Gasteiger charge is -2.23. The van der Waals surface area contributed by atoms with Gasteiger partial charge in [-0.15, -0.1) is 0 Å². The molecule has 3 unspecified atom stereocenters. The Hall–Kier alpha value is -2.04. The minimum absolute atomic E-state index is 0.259. The van der Waals surface area contributed by atoms with Crippen LogP contribution >= 0.6 is 0 Å². The summed E-state index contributed by atoms with van der Waals surface area (Å²) in [6, 6.07) is 0. The summed E-state index contributed by atoms with van der Waals surface area (Å²) in [5, 5.41) is 28.0. The van der Waals surface area contributed by atoms with Gasteiger partial charge in [-0.3, -0.25) is 4.79 Å². The van der Waals surface area contributed by atoms with Gasteiger partial charge in [0.15, 0.2) is 0 Å². The highest BCUT2D eigenvalue weighted by Crippen LogP contribution is 2.31. The smallest absolute Gasteiger partial charge is 0.446 e. The second-order valence-corrected chi connectivity index (χ2v) is 4.97. The molecule has 2 heterocycles. The van der Waals surface area contributed by atoms with Crippen molar-refractivity contribution in [2.75, 3.05) is 6.54 Å². The van der Waals surface area contributed by atoms with Crippen molar-refractivity contribution in [3.05, 3.63) is 0 Å². The number of amides is 3. The molecule has 2 fully saturated rings. The van der Waals surface area contributed by atoms with E-state index >= 15 is 0 Å². The Morgan fingerprint density at radius 1 is 1.43 bits per heavy atom. The first-order chi connectivity index (χ1) is 9.75. The molecule has 0 aromatic heterocycles. The summed E-state index contributed by atoms with van der Waals surface area (Å²) < 4.78 is 0. The molecular weight excluding hydrogens is 288 g/mol. The molecule has 3 N–H and O–H groups in total. The van der Waals surface area contributed by atoms with Gasteiger partial charge >= 0.3 is 18.0 Å². The molecule has 21 heavy (non-hydrogen) atoms. The number of hydrogen-bond acceptors (Lipinski definition) is 7. The van der Waals surface area contributed by atoms with Crippen LogP contribution in [0.2, 0.25) is 0 Å². The molecule has 2 saturated heterocycles. The maximum atomic E-state index is 11.9. The quantitative estimate of drug-likeness (QED) is 0.348. The number of carbonyl (C=O) groups is 4. The SMILES string of the molecule is O=C(O)O[N+]1(O)C(=O)CC(CC(O)N2CCCC2=O)C1=O. The molecular formula is C11H15N2O8+. The third-order valence-electron chi connectivity index (χ3n) is 3.58. The molecule has 2 aliphatic heterocycles. The molecule has 0 aliphatic carbocycles. The summed E-state index contributed by atoms with van der Waals surface area (Å²) in [4.78, 5) is 48.2. The predicted molar refractivity (Wildman–Crippen MR) is 60.8 cm³/mol. The lowest BCUT2D eigenvalue weighted by atomic mass is 10.0. The van der Waals surface area contributed by atoms with Gasteiger partial charge in [0.2, 0.25) is 5.91 Å². The molecule has 0 spiro atoms. The van der Waals surface area contributed by atoms with Crippen LogP contribution in [0.4, 0.5) is 4.79 Å². The average molecular weight is 303 g/mol. The van der Waals surface area contributed by atoms with Gasteiger partial charge in [-0.1, -0.05) is 0 Å². The van der Waals surface area contributed by atoms with Crippen LogP contribution in [0.5, 0.6) is 0 Å². The minimum atomic E-state index is -2.28. The minimum Gasteiger partial charge on any atom is -0.446 e. The van der Waals surface area contributed by atoms with Crippen molar-refractivity contribution >= 4 is 23.9 Å². The molecule has 2 aliphatic rings. The molecule has 0 radical (unpaired) electrons. The summed E-state index contributed by atoms with van der Waals surface area (Å²) in [5.74, 6) is -3.68. The highest BCUT2D eigenvalue weighted by Gasteiger charge is 2.61. The zero-order chi connectivity index (χ0) is 15.8. The number of aliphatic hydroxyl groups is 1. The van der Waals surface area contributed by atoms with Crippen molar-refractivity contribution < 1.29 is 44.2 Å². The molecule has 0 aromatic carbocycles. The van der Waals surface area contributed by atoms with E-state index < -0.39 is 41.3 Å². The number of rotatable bonds is 4. The third-order valence-corrected chi connectivity index (χ3v) is 3.58. The van der Waals surface area contributed by atoms with Gasteiger partial charge in [0.25, 0.3) is 0 Å². The molecule has 0 aromatic rings. The van der Waals surface area contributed by atoms with E-state index in [2.05, 4.69) is 4.84 Å². The van der Waals surface area contributed by atoms with Gasteiger partial charge in [-0.2, -0.15) is 14.8 Å². The van der Waals surface area contributed by atoms with E-state index in [0.717, 1.165) is 0 Å². The molecule has 3 amide bonds. The molecule has 2 rings (SSSR count). The zero-order valence-electron chi connectivity index (χ0n) is 11.0. The molecule has 0 bridgehead atoms. The molecule has 10 nitrogen and oxygen atoms in total. The van der Waals surface area contributed by atoms with Crippen LogP contribution in [0.3, 0.4) is 0 Å². The molecule has 116 valence electrons. The molecule has 0 saturated carbocycles. The van der Waals surface area contributed by atoms with Crippen molar-refractivity contribution in [1.82, 2.24) is 4.90 Å². The Bertz CT molecular complexity index is 506. The lowest BCUT2D eigenvalue weighted by Crippen LogP contribution is -2.51. The fraction of sp³-hybridized carbons (Fsp3) is 0.636. The Kier molecular flexibility index (Phi) is 3.94. The largest absolute Gasteiger partial charge is 0.561 e. The Morgan fingerprint density at radius 2 is 2.10 bits per heavy atom. The van der Waals surface area contributed by atoms with E-state index in [1.807, 2.05) is 0 Å². The second-order valence-electron chi connectivity index (χ2n) is 4.97. The number of hydrogen-bond donors (Lipinski definition) is 3. The first-order valence-electron chi connectivity index (χ1n) is 6.35. The number of likely N-dealkylation sites (tertiary alicyclic amines) is 1. The summed E-state index contributed by atoms with van der Waals surface area (Å²) in [5.41, 5.74) is 0. The van der Waals surface area contributed by atoms with E-state index in [9.17, 15) is 29.5 Å². The van der Waals surface area contributed by atoms with Crippen molar-refractivity contribution in [2.45, 2.75) is 31.9 Å². The van der Waals surface area contributed by atoms with E-state index in [4.69, 9.17) is 5.11 Å². The van der Waals surface area contributed by atoms with Crippen LogP contribution in [-0.2, 0) is 19.2 Å². The summed E-state index contributed by atoms with van der Waals surface area (Å²) in [6.07, 6.45) is -3.08. The van der Waals surface area contributed by atoms with E-state index in [0.29, 0.717) is 19.4 Å². The fourth-order valence-electron chi connectivity index (χ4n) is 2.55. The first-order valence-corrected chi connectivity index (χ1v) is 6.35. The van der Waals surface area contributed by atoms with Crippen molar-refractivity contribution in [3.63, 3.8) is 0 Å². The number of hydroxylamine groups is 4. The monoisotopic (exact) mass is 303 g/mol. The van der Waals surface area contributed by atoms with Crippen molar-refractivity contribution in [2.24, 2.45) is 5.92 Å². The topological polar surface area (TPSA) is 141 Å². The molecule has 3 atom stereocenters. The Labute approximate surface area is 118 Å². The number of imide groups is 1. The average Bonchev–Trinajstić information content (AvgIpc) is 2.88. The van der Waals surface area contributed by atoms with Crippen LogP contribution < -0.4 is 0 Å². The maximum Gasteiger partial charge on any atom is 0.561 e. The zero-order valence-corrected chi connectivity index (χ0v) is 11.0. The van der Waals surface area contributed by atoms with Gasteiger partial charge < -0.3 is 15.1 Å². The highest BCUT2D eigenvalue weighted by molar-refractivity contribution is 5.92. The predicted octanol–water partition coefficient (Wildman–Crippen LogP) is -0.794. The van der Waals surface area contributed by atoms with Crippen molar-refractivity contribution in [1.29, 1.82) is 0 Å². The fourth-order valence-corrected chi connectivity index (χ4v) is 2.55. The third kappa shape index (κ3) is 2.73. The lowest BCUT2D eigenvalue weighted by molar-refractivity contribution is -1.12. The van der Waals surface area contributed by atoms with Crippen LogP contribution in [0.15, 0.2) is 0 Å². The Balaban J connectivity index is 2.05. The summed E-state index contributed by atoms with van der Waals surface area (Å²) in [7, 11) is 0. The molecule has 10 heteroatoms. The van der Waals surface area contributed by atoms with Gasteiger partial charge in [0.1, 0.15) is 11.0 Å². The van der Waals surface area contributed by atoms with E-state index in [1.165, 1.54) is 4.90 Å². The van der Waals surface area contributed by atoms with Crippen LogP contribution in [-0.4, -0.2) is 61.8 Å². The summed E-state index contributed by atoms with van der Waals surface area (Å²) >= 11 is 0. The number of carboxylic acid groups (broad SMARTS) is 1. The number of aliphatic hydroxyl groups excluding tert-OH is 1.